The van der Waals surface area contributed by atoms with Crippen LogP contribution >= 0.6 is 27.3 Å². The third kappa shape index (κ3) is 3.76. The number of hydrogen-bond donors (Lipinski definition) is 1. The predicted octanol–water partition coefficient (Wildman–Crippen LogP) is 6.47. The highest BCUT2D eigenvalue weighted by Crippen LogP contribution is 2.32. The first kappa shape index (κ1) is 16.9. The summed E-state index contributed by atoms with van der Waals surface area (Å²) in [5.74, 6) is -0.407. The highest BCUT2D eigenvalue weighted by atomic mass is 79.9. The number of aromatic nitrogens is 1. The molecule has 1 aromatic heterocycles. The van der Waals surface area contributed by atoms with E-state index in [2.05, 4.69) is 26.2 Å². The number of thiazole rings is 1. The van der Waals surface area contributed by atoms with E-state index in [1.807, 2.05) is 0 Å². The van der Waals surface area contributed by atoms with E-state index in [4.69, 9.17) is 0 Å². The van der Waals surface area contributed by atoms with Crippen molar-refractivity contribution in [3.05, 3.63) is 63.7 Å². The van der Waals surface area contributed by atoms with Gasteiger partial charge in [-0.3, -0.25) is 0 Å². The average Bonchev–Trinajstić information content (AvgIpc) is 2.95. The Labute approximate surface area is 147 Å². The van der Waals surface area contributed by atoms with Gasteiger partial charge in [-0.15, -0.1) is 11.3 Å². The number of nitrogens with one attached hydrogen (secondary N) is 1. The molecule has 0 spiro atoms. The molecule has 0 bridgehead atoms. The van der Waals surface area contributed by atoms with E-state index in [-0.39, 0.29) is 0 Å². The van der Waals surface area contributed by atoms with Crippen molar-refractivity contribution in [1.29, 1.82) is 0 Å². The van der Waals surface area contributed by atoms with Crippen LogP contribution in [0.2, 0.25) is 0 Å². The van der Waals surface area contributed by atoms with E-state index >= 15 is 0 Å². The van der Waals surface area contributed by atoms with Crippen LogP contribution in [0.1, 0.15) is 5.56 Å². The van der Waals surface area contributed by atoms with Gasteiger partial charge in [0.15, 0.2) is 5.13 Å². The van der Waals surface area contributed by atoms with Crippen molar-refractivity contribution < 1.29 is 17.6 Å². The molecule has 0 fully saturated rings. The Balaban J connectivity index is 1.79. The van der Waals surface area contributed by atoms with Crippen molar-refractivity contribution in [1.82, 2.24) is 4.98 Å². The van der Waals surface area contributed by atoms with Gasteiger partial charge in [-0.05, 0) is 42.5 Å². The summed E-state index contributed by atoms with van der Waals surface area (Å²) in [5, 5.41) is 5.06. The Bertz CT molecular complexity index is 859. The van der Waals surface area contributed by atoms with Gasteiger partial charge in [-0.2, -0.15) is 13.2 Å². The second-order valence-corrected chi connectivity index (χ2v) is 6.64. The van der Waals surface area contributed by atoms with E-state index in [0.29, 0.717) is 26.5 Å². The molecule has 0 aliphatic rings. The van der Waals surface area contributed by atoms with E-state index in [9.17, 15) is 17.6 Å². The summed E-state index contributed by atoms with van der Waals surface area (Å²) in [5.41, 5.74) is 0.569. The minimum atomic E-state index is -4.37. The van der Waals surface area contributed by atoms with Gasteiger partial charge in [0.2, 0.25) is 0 Å². The molecule has 1 heterocycles. The third-order valence-electron chi connectivity index (χ3n) is 3.17. The molecule has 0 saturated carbocycles. The Morgan fingerprint density at radius 3 is 2.38 bits per heavy atom. The van der Waals surface area contributed by atoms with Crippen molar-refractivity contribution in [3.8, 4) is 11.3 Å². The maximum atomic E-state index is 13.9. The Morgan fingerprint density at radius 1 is 1.04 bits per heavy atom. The summed E-state index contributed by atoms with van der Waals surface area (Å²) in [6.07, 6.45) is -4.37. The van der Waals surface area contributed by atoms with Crippen LogP contribution < -0.4 is 5.32 Å². The van der Waals surface area contributed by atoms with Gasteiger partial charge >= 0.3 is 6.18 Å². The summed E-state index contributed by atoms with van der Waals surface area (Å²) in [4.78, 5) is 4.27. The van der Waals surface area contributed by atoms with Gasteiger partial charge in [0.1, 0.15) is 5.82 Å². The maximum absolute atomic E-state index is 13.9. The average molecular weight is 417 g/mol. The Kier molecular flexibility index (Phi) is 4.60. The monoisotopic (exact) mass is 416 g/mol. The predicted molar refractivity (Wildman–Crippen MR) is 89.9 cm³/mol. The van der Waals surface area contributed by atoms with Gasteiger partial charge in [0.25, 0.3) is 0 Å². The molecule has 0 amide bonds. The van der Waals surface area contributed by atoms with Crippen LogP contribution in [0.4, 0.5) is 28.4 Å². The van der Waals surface area contributed by atoms with Crippen molar-refractivity contribution in [2.24, 2.45) is 0 Å². The number of halogens is 5. The van der Waals surface area contributed by atoms with Gasteiger partial charge < -0.3 is 5.32 Å². The van der Waals surface area contributed by atoms with E-state index in [1.54, 1.807) is 17.5 Å². The van der Waals surface area contributed by atoms with Crippen LogP contribution in [0.15, 0.2) is 52.3 Å². The lowest BCUT2D eigenvalue weighted by atomic mass is 10.2. The molecule has 0 saturated heterocycles. The van der Waals surface area contributed by atoms with E-state index in [0.717, 1.165) is 12.1 Å². The fourth-order valence-electron chi connectivity index (χ4n) is 2.02. The van der Waals surface area contributed by atoms with Crippen molar-refractivity contribution >= 4 is 38.1 Å². The number of anilines is 2. The molecule has 3 aromatic rings. The molecule has 3 rings (SSSR count). The Hall–Kier alpha value is -1.93. The molecule has 0 atom stereocenters. The molecule has 2 aromatic carbocycles. The SMILES string of the molecule is Fc1cc(Br)ccc1-c1csc(Nc2ccc(C(F)(F)F)cc2)n1. The number of rotatable bonds is 3. The number of alkyl halides is 3. The first-order chi connectivity index (χ1) is 11.3. The molecule has 1 N–H and O–H groups in total. The highest BCUT2D eigenvalue weighted by molar-refractivity contribution is 9.10. The molecule has 0 unspecified atom stereocenters. The second-order valence-electron chi connectivity index (χ2n) is 4.86. The quantitative estimate of drug-likeness (QED) is 0.494. The highest BCUT2D eigenvalue weighted by Gasteiger charge is 2.29. The van der Waals surface area contributed by atoms with Crippen LogP contribution in [0, 0.1) is 5.82 Å². The molecular weight excluding hydrogens is 408 g/mol. The lowest BCUT2D eigenvalue weighted by Crippen LogP contribution is -2.04. The fourth-order valence-corrected chi connectivity index (χ4v) is 3.08. The van der Waals surface area contributed by atoms with Gasteiger partial charge in [0, 0.05) is 21.1 Å². The van der Waals surface area contributed by atoms with Crippen LogP contribution in [-0.2, 0) is 6.18 Å². The zero-order valence-corrected chi connectivity index (χ0v) is 14.3. The van der Waals surface area contributed by atoms with Gasteiger partial charge in [-0.1, -0.05) is 15.9 Å². The number of nitrogens with zero attached hydrogens (tertiary/aromatic N) is 1. The maximum Gasteiger partial charge on any atom is 0.416 e. The Morgan fingerprint density at radius 2 is 1.75 bits per heavy atom. The summed E-state index contributed by atoms with van der Waals surface area (Å²) in [6, 6.07) is 9.29. The largest absolute Gasteiger partial charge is 0.416 e. The molecular formula is C16H9BrF4N2S. The lowest BCUT2D eigenvalue weighted by Gasteiger charge is -2.07. The normalized spacial score (nSPS) is 11.5. The fraction of sp³-hybridized carbons (Fsp3) is 0.0625. The van der Waals surface area contributed by atoms with Crippen LogP contribution in [0.5, 0.6) is 0 Å². The van der Waals surface area contributed by atoms with Crippen molar-refractivity contribution in [3.63, 3.8) is 0 Å². The first-order valence-corrected chi connectivity index (χ1v) is 8.35. The number of benzene rings is 2. The van der Waals surface area contributed by atoms with Crippen LogP contribution in [0.25, 0.3) is 11.3 Å². The molecule has 8 heteroatoms. The van der Waals surface area contributed by atoms with Crippen molar-refractivity contribution in [2.45, 2.75) is 6.18 Å². The summed E-state index contributed by atoms with van der Waals surface area (Å²) >= 11 is 4.43. The topological polar surface area (TPSA) is 24.9 Å². The summed E-state index contributed by atoms with van der Waals surface area (Å²) in [6.45, 7) is 0. The molecule has 2 nitrogen and oxygen atoms in total. The smallest absolute Gasteiger partial charge is 0.332 e. The zero-order chi connectivity index (χ0) is 17.3. The third-order valence-corrected chi connectivity index (χ3v) is 4.43. The standard InChI is InChI=1S/C16H9BrF4N2S/c17-10-3-6-12(13(18)7-10)14-8-24-15(23-14)22-11-4-1-9(2-5-11)16(19,20)21/h1-8H,(H,22,23). The number of hydrogen-bond acceptors (Lipinski definition) is 3. The van der Waals surface area contributed by atoms with Crippen LogP contribution in [0.3, 0.4) is 0 Å². The van der Waals surface area contributed by atoms with Crippen molar-refractivity contribution in [2.75, 3.05) is 5.32 Å². The molecule has 0 aliphatic heterocycles. The van der Waals surface area contributed by atoms with Crippen LogP contribution in [-0.4, -0.2) is 4.98 Å². The minimum absolute atomic E-state index is 0.356. The molecule has 124 valence electrons. The van der Waals surface area contributed by atoms with Gasteiger partial charge in [0.05, 0.1) is 11.3 Å². The summed E-state index contributed by atoms with van der Waals surface area (Å²) < 4.78 is 52.2. The molecule has 24 heavy (non-hydrogen) atoms. The molecule has 0 aliphatic carbocycles. The second kappa shape index (κ2) is 6.52. The summed E-state index contributed by atoms with van der Waals surface area (Å²) in [7, 11) is 0. The lowest BCUT2D eigenvalue weighted by molar-refractivity contribution is -0.137. The van der Waals surface area contributed by atoms with Gasteiger partial charge in [-0.25, -0.2) is 9.37 Å². The first-order valence-electron chi connectivity index (χ1n) is 6.68. The van der Waals surface area contributed by atoms with E-state index in [1.165, 1.54) is 29.5 Å². The molecule has 0 radical (unpaired) electrons. The minimum Gasteiger partial charge on any atom is -0.332 e. The zero-order valence-electron chi connectivity index (χ0n) is 11.9. The van der Waals surface area contributed by atoms with E-state index < -0.39 is 17.6 Å².